The molecule has 1 amide bonds. The van der Waals surface area contributed by atoms with Crippen molar-refractivity contribution in [3.8, 4) is 0 Å². The number of alkyl halides is 3. The van der Waals surface area contributed by atoms with Crippen molar-refractivity contribution in [3.63, 3.8) is 0 Å². The van der Waals surface area contributed by atoms with Crippen LogP contribution in [0, 0.1) is 0 Å². The van der Waals surface area contributed by atoms with Gasteiger partial charge in [-0.15, -0.1) is 0 Å². The average molecular weight is 350 g/mol. The average Bonchev–Trinajstić information content (AvgIpc) is 2.57. The maximum atomic E-state index is 12.5. The monoisotopic (exact) mass is 350 g/mol. The Hall–Kier alpha value is -3.25. The second kappa shape index (κ2) is 7.11. The summed E-state index contributed by atoms with van der Waals surface area (Å²) >= 11 is 0. The number of aliphatic hydroxyl groups excluding tert-OH is 1. The number of rotatable bonds is 3. The number of nitrogens with one attached hydrogen (secondary N) is 1. The number of hydrazine groups is 1. The van der Waals surface area contributed by atoms with Crippen molar-refractivity contribution in [2.45, 2.75) is 13.1 Å². The molecule has 0 radical (unpaired) electrons. The molecule has 1 aliphatic rings. The van der Waals surface area contributed by atoms with Crippen LogP contribution in [0.3, 0.4) is 0 Å². The summed E-state index contributed by atoms with van der Waals surface area (Å²) in [5.74, 6) is 0.669. The van der Waals surface area contributed by atoms with Crippen LogP contribution in [0.1, 0.15) is 18.1 Å². The zero-order chi connectivity index (χ0) is 18.6. The van der Waals surface area contributed by atoms with Crippen molar-refractivity contribution in [1.82, 2.24) is 10.4 Å². The van der Waals surface area contributed by atoms with E-state index in [9.17, 15) is 27.9 Å². The molecule has 1 aliphatic heterocycles. The Balaban J connectivity index is 2.03. The van der Waals surface area contributed by atoms with Gasteiger partial charge in [0.1, 0.15) is 11.5 Å². The number of carbonyl (C=O) groups is 1. The number of nitrogens with zero attached hydrogens (tertiary/aromatic N) is 1. The number of benzene rings is 1. The van der Waals surface area contributed by atoms with Gasteiger partial charge in [-0.25, -0.2) is 4.79 Å². The van der Waals surface area contributed by atoms with Crippen molar-refractivity contribution in [1.29, 1.82) is 0 Å². The maximum Gasteiger partial charge on any atom is 0.416 e. The van der Waals surface area contributed by atoms with Gasteiger partial charge < -0.3 is 5.11 Å². The predicted octanol–water partition coefficient (Wildman–Crippen LogP) is 3.13. The molecule has 0 bridgehead atoms. The molecule has 2 rings (SSSR count). The van der Waals surface area contributed by atoms with Crippen LogP contribution >= 0.6 is 0 Å². The van der Waals surface area contributed by atoms with Crippen LogP contribution in [0.25, 0.3) is 6.08 Å². The number of amides is 1. The summed E-state index contributed by atoms with van der Waals surface area (Å²) < 4.78 is 37.4. The van der Waals surface area contributed by atoms with Crippen LogP contribution in [-0.4, -0.2) is 22.0 Å². The summed E-state index contributed by atoms with van der Waals surface area (Å²) in [6.07, 6.45) is 0.694. The van der Waals surface area contributed by atoms with E-state index in [1.807, 2.05) is 0 Å². The van der Waals surface area contributed by atoms with E-state index in [2.05, 4.69) is 5.43 Å². The summed E-state index contributed by atoms with van der Waals surface area (Å²) in [5.41, 5.74) is 2.25. The normalized spacial score (nSPS) is 14.9. The molecule has 0 saturated carbocycles. The number of hydrogen-bond donors (Lipinski definition) is 2. The largest absolute Gasteiger partial charge is 0.505 e. The van der Waals surface area contributed by atoms with Gasteiger partial charge in [-0.05, 0) is 36.8 Å². The molecular weight excluding hydrogens is 337 g/mol. The number of carbonyl (C=O) groups excluding carboxylic acids is 2. The van der Waals surface area contributed by atoms with Gasteiger partial charge in [0, 0.05) is 12.3 Å². The summed E-state index contributed by atoms with van der Waals surface area (Å²) in [5, 5.41) is 11.0. The molecule has 1 aromatic carbocycles. The Morgan fingerprint density at radius 1 is 1.28 bits per heavy atom. The van der Waals surface area contributed by atoms with Crippen LogP contribution in [0.15, 0.2) is 59.6 Å². The van der Waals surface area contributed by atoms with Crippen LogP contribution in [0.5, 0.6) is 0 Å². The highest BCUT2D eigenvalue weighted by Crippen LogP contribution is 2.29. The zero-order valence-electron chi connectivity index (χ0n) is 13.0. The van der Waals surface area contributed by atoms with Crippen molar-refractivity contribution in [3.05, 3.63) is 70.8 Å². The van der Waals surface area contributed by atoms with Gasteiger partial charge in [0.05, 0.1) is 11.3 Å². The summed E-state index contributed by atoms with van der Waals surface area (Å²) in [4.78, 5) is 22.5. The number of aliphatic hydroxyl groups is 1. The topological polar surface area (TPSA) is 69.6 Å². The van der Waals surface area contributed by atoms with Crippen LogP contribution in [0.2, 0.25) is 0 Å². The fraction of sp³-hybridized carbons (Fsp3) is 0.118. The summed E-state index contributed by atoms with van der Waals surface area (Å²) in [7, 11) is 0. The third-order valence-corrected chi connectivity index (χ3v) is 3.36. The maximum absolute atomic E-state index is 12.5. The third-order valence-electron chi connectivity index (χ3n) is 3.36. The molecule has 25 heavy (non-hydrogen) atoms. The number of allylic oxidation sites excluding steroid dienone is 2. The van der Waals surface area contributed by atoms with Crippen LogP contribution in [0.4, 0.5) is 13.2 Å². The Bertz CT molecular complexity index is 815. The predicted molar refractivity (Wildman–Crippen MR) is 84.1 cm³/mol. The van der Waals surface area contributed by atoms with Gasteiger partial charge in [-0.3, -0.25) is 15.2 Å². The van der Waals surface area contributed by atoms with E-state index < -0.39 is 17.6 Å². The Labute approximate surface area is 141 Å². The van der Waals surface area contributed by atoms with Gasteiger partial charge in [0.2, 0.25) is 0 Å². The first-order chi connectivity index (χ1) is 11.7. The molecule has 2 N–H and O–H groups in total. The molecule has 0 unspecified atom stereocenters. The molecule has 8 heteroatoms. The van der Waals surface area contributed by atoms with Crippen LogP contribution < -0.4 is 5.43 Å². The molecule has 1 aromatic rings. The van der Waals surface area contributed by atoms with E-state index >= 15 is 0 Å². The second-order valence-corrected chi connectivity index (χ2v) is 5.06. The van der Waals surface area contributed by atoms with Gasteiger partial charge in [0.15, 0.2) is 5.76 Å². The second-order valence-electron chi connectivity index (χ2n) is 5.06. The van der Waals surface area contributed by atoms with Crippen molar-refractivity contribution >= 4 is 17.9 Å². The smallest absolute Gasteiger partial charge is 0.416 e. The third kappa shape index (κ3) is 4.39. The molecular formula is C17H13F3N2O3. The number of halogens is 3. The first-order valence-electron chi connectivity index (χ1n) is 7.01. The van der Waals surface area contributed by atoms with Gasteiger partial charge in [-0.1, -0.05) is 12.1 Å². The minimum Gasteiger partial charge on any atom is -0.505 e. The first kappa shape index (κ1) is 18.1. The van der Waals surface area contributed by atoms with Gasteiger partial charge in [-0.2, -0.15) is 13.2 Å². The molecule has 0 fully saturated rings. The van der Waals surface area contributed by atoms with E-state index in [0.29, 0.717) is 5.56 Å². The van der Waals surface area contributed by atoms with Crippen LogP contribution in [-0.2, 0) is 15.8 Å². The molecule has 0 aromatic heterocycles. The Kier molecular flexibility index (Phi) is 5.14. The highest BCUT2D eigenvalue weighted by atomic mass is 19.4. The minimum absolute atomic E-state index is 0.0386. The van der Waals surface area contributed by atoms with Gasteiger partial charge in [0.25, 0.3) is 5.91 Å². The highest BCUT2D eigenvalue weighted by molar-refractivity contribution is 5.91. The summed E-state index contributed by atoms with van der Waals surface area (Å²) in [6.45, 7) is 1.48. The quantitative estimate of drug-likeness (QED) is 0.649. The fourth-order valence-electron chi connectivity index (χ4n) is 1.96. The lowest BCUT2D eigenvalue weighted by Crippen LogP contribution is -2.38. The van der Waals surface area contributed by atoms with E-state index in [4.69, 9.17) is 0 Å². The van der Waals surface area contributed by atoms with E-state index in [-0.39, 0.29) is 17.0 Å². The lowest BCUT2D eigenvalue weighted by molar-refractivity contribution is -0.137. The van der Waals surface area contributed by atoms with E-state index in [1.165, 1.54) is 42.4 Å². The van der Waals surface area contributed by atoms with Crippen molar-refractivity contribution < 1.29 is 27.9 Å². The highest BCUT2D eigenvalue weighted by Gasteiger charge is 2.29. The Morgan fingerprint density at radius 2 is 1.92 bits per heavy atom. The minimum atomic E-state index is -4.42. The van der Waals surface area contributed by atoms with E-state index in [1.54, 1.807) is 5.94 Å². The standard InChI is InChI=1S/C17H13F3N2O3/c1-11-16(25)13(10-23)8-9-22(11)21-15(24)7-4-12-2-5-14(6-3-12)17(18,19)20/h2-9,25H,1H3,(H,21,24)/b7-4+. The molecule has 0 aliphatic carbocycles. The molecule has 1 heterocycles. The lowest BCUT2D eigenvalue weighted by atomic mass is 10.1. The first-order valence-corrected chi connectivity index (χ1v) is 7.01. The fourth-order valence-corrected chi connectivity index (χ4v) is 1.96. The summed E-state index contributed by atoms with van der Waals surface area (Å²) in [6, 6.07) is 4.32. The van der Waals surface area contributed by atoms with E-state index in [0.717, 1.165) is 18.2 Å². The molecule has 5 nitrogen and oxygen atoms in total. The molecule has 0 saturated heterocycles. The van der Waals surface area contributed by atoms with Crippen molar-refractivity contribution in [2.75, 3.05) is 0 Å². The molecule has 0 spiro atoms. The van der Waals surface area contributed by atoms with Crippen molar-refractivity contribution in [2.24, 2.45) is 0 Å². The SMILES string of the molecule is CC1=C(O)C(=C=O)C=CN1NC(=O)/C=C/c1ccc(C(F)(F)F)cc1. The molecule has 130 valence electrons. The number of hydrogen-bond acceptors (Lipinski definition) is 4. The zero-order valence-corrected chi connectivity index (χ0v) is 13.0. The van der Waals surface area contributed by atoms with Gasteiger partial charge >= 0.3 is 6.18 Å². The Morgan fingerprint density at radius 3 is 2.48 bits per heavy atom. The molecule has 0 atom stereocenters. The lowest BCUT2D eigenvalue weighted by Gasteiger charge is -2.24.